The van der Waals surface area contributed by atoms with Crippen LogP contribution in [0.2, 0.25) is 0 Å². The van der Waals surface area contributed by atoms with Gasteiger partial charge in [0.2, 0.25) is 5.89 Å². The molecule has 0 radical (unpaired) electrons. The highest BCUT2D eigenvalue weighted by Gasteiger charge is 2.11. The van der Waals surface area contributed by atoms with Gasteiger partial charge in [-0.05, 0) is 0 Å². The Morgan fingerprint density at radius 2 is 2.47 bits per heavy atom. The average molecular weight is 236 g/mol. The van der Waals surface area contributed by atoms with Gasteiger partial charge in [-0.15, -0.1) is 0 Å². The molecule has 2 rings (SSSR count). The van der Waals surface area contributed by atoms with Gasteiger partial charge in [0.05, 0.1) is 11.9 Å². The highest BCUT2D eigenvalue weighted by molar-refractivity contribution is 5.96. The fourth-order valence-electron chi connectivity index (χ4n) is 1.30. The first-order valence-electron chi connectivity index (χ1n) is 5.03. The van der Waals surface area contributed by atoms with Crippen molar-refractivity contribution in [2.75, 3.05) is 12.3 Å². The molecule has 0 fully saturated rings. The van der Waals surface area contributed by atoms with Crippen LogP contribution in [0, 0.1) is 6.92 Å². The molecule has 0 atom stereocenters. The Kier molecular flexibility index (Phi) is 3.03. The van der Waals surface area contributed by atoms with Gasteiger partial charge in [0.15, 0.2) is 5.82 Å². The minimum atomic E-state index is -0.305. The average Bonchev–Trinajstić information content (AvgIpc) is 2.87. The van der Waals surface area contributed by atoms with Crippen LogP contribution >= 0.6 is 0 Å². The van der Waals surface area contributed by atoms with Crippen molar-refractivity contribution in [2.45, 2.75) is 13.3 Å². The molecule has 1 amide bonds. The number of amides is 1. The fraction of sp³-hybridized carbons (Fsp3) is 0.333. The van der Waals surface area contributed by atoms with E-state index in [0.717, 1.165) is 0 Å². The number of aromatic amines is 1. The first-order chi connectivity index (χ1) is 8.16. The topological polar surface area (TPSA) is 123 Å². The SMILES string of the molecule is Cc1nc(CCNC(=O)c2[nH]ncc2N)no1. The van der Waals surface area contributed by atoms with Gasteiger partial charge < -0.3 is 15.6 Å². The summed E-state index contributed by atoms with van der Waals surface area (Å²) in [5.41, 5.74) is 6.11. The van der Waals surface area contributed by atoms with E-state index in [1.807, 2.05) is 0 Å². The lowest BCUT2D eigenvalue weighted by Crippen LogP contribution is -2.27. The Hall–Kier alpha value is -2.38. The quantitative estimate of drug-likeness (QED) is 0.667. The van der Waals surface area contributed by atoms with Crippen molar-refractivity contribution in [3.05, 3.63) is 23.6 Å². The number of hydrogen-bond acceptors (Lipinski definition) is 6. The standard InChI is InChI=1S/C9H12N6O2/c1-5-13-7(15-17-5)2-3-11-9(16)8-6(10)4-12-14-8/h4H,2-3,10H2,1H3,(H,11,16)(H,12,14). The summed E-state index contributed by atoms with van der Waals surface area (Å²) in [6, 6.07) is 0. The van der Waals surface area contributed by atoms with E-state index in [9.17, 15) is 4.79 Å². The van der Waals surface area contributed by atoms with Crippen molar-refractivity contribution in [1.29, 1.82) is 0 Å². The zero-order valence-corrected chi connectivity index (χ0v) is 9.23. The molecule has 4 N–H and O–H groups in total. The second-order valence-electron chi connectivity index (χ2n) is 3.44. The van der Waals surface area contributed by atoms with Crippen LogP contribution in [0.5, 0.6) is 0 Å². The number of anilines is 1. The lowest BCUT2D eigenvalue weighted by Gasteiger charge is -2.01. The zero-order chi connectivity index (χ0) is 12.3. The summed E-state index contributed by atoms with van der Waals surface area (Å²) in [6.07, 6.45) is 1.88. The number of aryl methyl sites for hydroxylation is 1. The summed E-state index contributed by atoms with van der Waals surface area (Å²) in [7, 11) is 0. The monoisotopic (exact) mass is 236 g/mol. The van der Waals surface area contributed by atoms with Crippen LogP contribution < -0.4 is 11.1 Å². The maximum Gasteiger partial charge on any atom is 0.271 e. The lowest BCUT2D eigenvalue weighted by atomic mass is 10.3. The maximum absolute atomic E-state index is 11.6. The molecule has 2 aromatic heterocycles. The van der Waals surface area contributed by atoms with Crippen LogP contribution in [0.15, 0.2) is 10.7 Å². The number of aromatic nitrogens is 4. The van der Waals surface area contributed by atoms with Crippen molar-refractivity contribution in [1.82, 2.24) is 25.7 Å². The lowest BCUT2D eigenvalue weighted by molar-refractivity contribution is 0.0950. The smallest absolute Gasteiger partial charge is 0.271 e. The van der Waals surface area contributed by atoms with Crippen molar-refractivity contribution in [2.24, 2.45) is 0 Å². The van der Waals surface area contributed by atoms with E-state index < -0.39 is 0 Å². The number of nitrogen functional groups attached to an aromatic ring is 1. The Balaban J connectivity index is 1.83. The molecular weight excluding hydrogens is 224 g/mol. The summed E-state index contributed by atoms with van der Waals surface area (Å²) in [6.45, 7) is 2.11. The number of nitrogens with one attached hydrogen (secondary N) is 2. The van der Waals surface area contributed by atoms with Crippen LogP contribution in [-0.4, -0.2) is 32.8 Å². The van der Waals surface area contributed by atoms with Crippen LogP contribution in [0.1, 0.15) is 22.2 Å². The largest absolute Gasteiger partial charge is 0.396 e. The second-order valence-corrected chi connectivity index (χ2v) is 3.44. The highest BCUT2D eigenvalue weighted by Crippen LogP contribution is 2.05. The van der Waals surface area contributed by atoms with Crippen LogP contribution in [0.25, 0.3) is 0 Å². The molecule has 0 saturated heterocycles. The molecule has 2 heterocycles. The number of H-pyrrole nitrogens is 1. The second kappa shape index (κ2) is 4.64. The van der Waals surface area contributed by atoms with Crippen molar-refractivity contribution in [3.8, 4) is 0 Å². The highest BCUT2D eigenvalue weighted by atomic mass is 16.5. The zero-order valence-electron chi connectivity index (χ0n) is 9.23. The third kappa shape index (κ3) is 2.60. The number of carbonyl (C=O) groups excluding carboxylic acids is 1. The normalized spacial score (nSPS) is 10.4. The molecular formula is C9H12N6O2. The third-order valence-electron chi connectivity index (χ3n) is 2.10. The van der Waals surface area contributed by atoms with Crippen LogP contribution in [0.4, 0.5) is 5.69 Å². The van der Waals surface area contributed by atoms with E-state index in [1.54, 1.807) is 6.92 Å². The molecule has 2 aromatic rings. The Morgan fingerprint density at radius 1 is 1.65 bits per heavy atom. The van der Waals surface area contributed by atoms with Crippen molar-refractivity contribution in [3.63, 3.8) is 0 Å². The molecule has 90 valence electrons. The van der Waals surface area contributed by atoms with Crippen LogP contribution in [0.3, 0.4) is 0 Å². The summed E-state index contributed by atoms with van der Waals surface area (Å²) in [5, 5.41) is 12.6. The molecule has 0 aliphatic heterocycles. The molecule has 0 saturated carbocycles. The number of carbonyl (C=O) groups is 1. The Bertz CT molecular complexity index is 517. The molecule has 0 aliphatic carbocycles. The van der Waals surface area contributed by atoms with E-state index >= 15 is 0 Å². The summed E-state index contributed by atoms with van der Waals surface area (Å²) in [5.74, 6) is 0.754. The van der Waals surface area contributed by atoms with E-state index in [0.29, 0.717) is 30.4 Å². The van der Waals surface area contributed by atoms with Crippen molar-refractivity contribution < 1.29 is 9.32 Å². The molecule has 8 heteroatoms. The van der Waals surface area contributed by atoms with E-state index in [-0.39, 0.29) is 11.6 Å². The molecule has 17 heavy (non-hydrogen) atoms. The van der Waals surface area contributed by atoms with Gasteiger partial charge in [-0.1, -0.05) is 5.16 Å². The van der Waals surface area contributed by atoms with Gasteiger partial charge in [0, 0.05) is 19.9 Å². The van der Waals surface area contributed by atoms with Gasteiger partial charge in [0.25, 0.3) is 5.91 Å². The number of nitrogens with zero attached hydrogens (tertiary/aromatic N) is 3. The molecule has 8 nitrogen and oxygen atoms in total. The van der Waals surface area contributed by atoms with E-state index in [4.69, 9.17) is 10.3 Å². The van der Waals surface area contributed by atoms with Gasteiger partial charge >= 0.3 is 0 Å². The van der Waals surface area contributed by atoms with Gasteiger partial charge in [-0.3, -0.25) is 9.89 Å². The molecule has 0 spiro atoms. The summed E-state index contributed by atoms with van der Waals surface area (Å²) in [4.78, 5) is 15.6. The summed E-state index contributed by atoms with van der Waals surface area (Å²) >= 11 is 0. The van der Waals surface area contributed by atoms with E-state index in [2.05, 4.69) is 25.7 Å². The molecule has 0 aliphatic rings. The Morgan fingerprint density at radius 3 is 3.06 bits per heavy atom. The minimum absolute atomic E-state index is 0.259. The molecule has 0 bridgehead atoms. The minimum Gasteiger partial charge on any atom is -0.396 e. The molecule has 0 unspecified atom stereocenters. The third-order valence-corrected chi connectivity index (χ3v) is 2.10. The molecule has 0 aromatic carbocycles. The Labute approximate surface area is 96.6 Å². The predicted octanol–water partition coefficient (Wildman–Crippen LogP) is -0.344. The van der Waals surface area contributed by atoms with E-state index in [1.165, 1.54) is 6.20 Å². The fourth-order valence-corrected chi connectivity index (χ4v) is 1.30. The summed E-state index contributed by atoms with van der Waals surface area (Å²) < 4.78 is 4.80. The number of rotatable bonds is 4. The van der Waals surface area contributed by atoms with Gasteiger partial charge in [0.1, 0.15) is 5.69 Å². The predicted molar refractivity (Wildman–Crippen MR) is 58.1 cm³/mol. The van der Waals surface area contributed by atoms with Gasteiger partial charge in [-0.2, -0.15) is 10.1 Å². The maximum atomic E-state index is 11.6. The van der Waals surface area contributed by atoms with Crippen LogP contribution in [-0.2, 0) is 6.42 Å². The number of hydrogen-bond donors (Lipinski definition) is 3. The van der Waals surface area contributed by atoms with Gasteiger partial charge in [-0.25, -0.2) is 0 Å². The first kappa shape index (κ1) is 11.1. The first-order valence-corrected chi connectivity index (χ1v) is 5.03. The number of nitrogens with two attached hydrogens (primary N) is 1. The van der Waals surface area contributed by atoms with Crippen molar-refractivity contribution >= 4 is 11.6 Å².